The summed E-state index contributed by atoms with van der Waals surface area (Å²) in [5, 5.41) is 1.04. The second kappa shape index (κ2) is 23.1. The highest BCUT2D eigenvalue weighted by Gasteiger charge is 2.49. The minimum absolute atomic E-state index is 0.0189. The van der Waals surface area contributed by atoms with Crippen molar-refractivity contribution < 1.29 is 98.1 Å². The van der Waals surface area contributed by atoms with Gasteiger partial charge in [-0.2, -0.15) is 46.7 Å². The van der Waals surface area contributed by atoms with Crippen LogP contribution in [0.4, 0.5) is 11.4 Å². The topological polar surface area (TPSA) is 360 Å². The van der Waals surface area contributed by atoms with E-state index in [1.807, 2.05) is 24.5 Å². The predicted octanol–water partition coefficient (Wildman–Crippen LogP) is 6.62. The molecule has 2 atom stereocenters. The Bertz CT molecular complexity index is 4270. The number of imide groups is 1. The lowest BCUT2D eigenvalue weighted by Crippen LogP contribution is -2.33. The van der Waals surface area contributed by atoms with Crippen molar-refractivity contribution in [2.75, 3.05) is 51.2 Å². The molecule has 1 fully saturated rings. The molecule has 83 heavy (non-hydrogen) atoms. The second-order valence-electron chi connectivity index (χ2n) is 20.4. The van der Waals surface area contributed by atoms with Crippen LogP contribution >= 0.6 is 0 Å². The zero-order valence-corrected chi connectivity index (χ0v) is 49.2. The Balaban J connectivity index is 1.45. The van der Waals surface area contributed by atoms with Gasteiger partial charge >= 0.3 is 5.97 Å². The third-order valence-electron chi connectivity index (χ3n) is 15.0. The van der Waals surface area contributed by atoms with Crippen LogP contribution in [-0.2, 0) is 85.3 Å². The minimum atomic E-state index is -5.37. The number of amides is 2. The van der Waals surface area contributed by atoms with Gasteiger partial charge in [-0.25, -0.2) is 4.79 Å². The number of allylic oxidation sites excluding steroid dienone is 6. The summed E-state index contributed by atoms with van der Waals surface area (Å²) in [5.41, 5.74) is -0.887. The third kappa shape index (κ3) is 12.5. The number of hydroxylamine groups is 2. The van der Waals surface area contributed by atoms with E-state index < -0.39 is 105 Å². The van der Waals surface area contributed by atoms with Crippen LogP contribution in [0, 0.1) is 0 Å². The first-order valence-electron chi connectivity index (χ1n) is 25.4. The largest absolute Gasteiger partial charge is 0.385 e. The highest BCUT2D eigenvalue weighted by atomic mass is 32.2. The number of ether oxygens (including phenoxy) is 2. The zero-order valence-electron chi connectivity index (χ0n) is 45.2. The van der Waals surface area contributed by atoms with Crippen molar-refractivity contribution in [3.63, 3.8) is 0 Å². The summed E-state index contributed by atoms with van der Waals surface area (Å²) in [6.45, 7) is 5.68. The summed E-state index contributed by atoms with van der Waals surface area (Å²) in [6.07, 6.45) is 6.04. The van der Waals surface area contributed by atoms with Crippen LogP contribution in [0.1, 0.15) is 86.3 Å². The van der Waals surface area contributed by atoms with Gasteiger partial charge in [-0.3, -0.25) is 32.4 Å². The summed E-state index contributed by atoms with van der Waals surface area (Å²) in [4.78, 5) is 42.0. The first-order chi connectivity index (χ1) is 38.7. The molecule has 0 spiro atoms. The van der Waals surface area contributed by atoms with Gasteiger partial charge in [0.25, 0.3) is 62.4 Å². The lowest BCUT2D eigenvalue weighted by molar-refractivity contribution is -0.437. The van der Waals surface area contributed by atoms with Gasteiger partial charge in [-0.1, -0.05) is 31.2 Å². The molecule has 1 saturated heterocycles. The number of anilines is 1. The van der Waals surface area contributed by atoms with Gasteiger partial charge in [0, 0.05) is 98.7 Å². The summed E-state index contributed by atoms with van der Waals surface area (Å²) in [7, 11) is -22.2. The van der Waals surface area contributed by atoms with Crippen molar-refractivity contribution in [2.24, 2.45) is 0 Å². The fraction of sp³-hybridized carbons (Fsp3) is 0.333. The number of hydrogen-bond donors (Lipinski definition) is 5. The summed E-state index contributed by atoms with van der Waals surface area (Å²) >= 11 is 0. The van der Waals surface area contributed by atoms with Crippen LogP contribution in [-0.4, -0.2) is 144 Å². The Labute approximate surface area is 479 Å². The maximum Gasteiger partial charge on any atom is 0.363 e. The van der Waals surface area contributed by atoms with E-state index in [-0.39, 0.29) is 101 Å². The van der Waals surface area contributed by atoms with Crippen LogP contribution in [0.2, 0.25) is 0 Å². The number of hydrogen-bond acceptors (Lipinski definition) is 17. The molecular weight excluding hydrogens is 1190 g/mol. The van der Waals surface area contributed by atoms with Crippen LogP contribution in [0.5, 0.6) is 0 Å². The molecule has 0 aromatic heterocycles. The monoisotopic (exact) mass is 1240 g/mol. The highest BCUT2D eigenvalue weighted by molar-refractivity contribution is 7.87. The number of methoxy groups -OCH3 is 2. The maximum atomic E-state index is 13.7. The molecule has 2 amide bonds. The number of fused-ring (bicyclic) bond motifs is 6. The fourth-order valence-corrected chi connectivity index (χ4v) is 14.2. The van der Waals surface area contributed by atoms with Crippen molar-refractivity contribution in [1.29, 1.82) is 0 Å². The van der Waals surface area contributed by atoms with E-state index in [0.717, 1.165) is 24.3 Å². The van der Waals surface area contributed by atoms with Crippen LogP contribution in [0.15, 0.2) is 122 Å². The molecule has 0 bridgehead atoms. The number of rotatable bonds is 22. The molecule has 2 unspecified atom stereocenters. The van der Waals surface area contributed by atoms with E-state index in [4.69, 9.17) is 14.3 Å². The normalized spacial score (nSPS) is 19.5. The van der Waals surface area contributed by atoms with Gasteiger partial charge in [0.15, 0.2) is 5.71 Å². The molecule has 5 aromatic carbocycles. The molecule has 5 N–H and O–H groups in total. The van der Waals surface area contributed by atoms with Gasteiger partial charge in [-0.15, -0.1) is 5.06 Å². The van der Waals surface area contributed by atoms with Crippen LogP contribution in [0.3, 0.4) is 0 Å². The highest BCUT2D eigenvalue weighted by Crippen LogP contribution is 2.54. The number of benzene rings is 5. The predicted molar refractivity (Wildman–Crippen MR) is 301 cm³/mol. The van der Waals surface area contributed by atoms with Crippen molar-refractivity contribution in [2.45, 2.75) is 89.7 Å². The van der Waals surface area contributed by atoms with Gasteiger partial charge < -0.3 is 19.2 Å². The lowest BCUT2D eigenvalue weighted by atomic mass is 9.74. The number of carbonyl (C=O) groups is 3. The van der Waals surface area contributed by atoms with Crippen LogP contribution < -0.4 is 4.90 Å². The summed E-state index contributed by atoms with van der Waals surface area (Å²) in [6, 6.07) is 15.1. The summed E-state index contributed by atoms with van der Waals surface area (Å²) < 4.78 is 193. The van der Waals surface area contributed by atoms with Crippen molar-refractivity contribution >= 4 is 113 Å². The molecule has 29 heteroatoms. The Hall–Kier alpha value is -6.61. The van der Waals surface area contributed by atoms with Crippen molar-refractivity contribution in [3.05, 3.63) is 125 Å². The van der Waals surface area contributed by atoms with Crippen molar-refractivity contribution in [1.82, 2.24) is 5.06 Å². The molecule has 5 aromatic rings. The molecule has 444 valence electrons. The van der Waals surface area contributed by atoms with Gasteiger partial charge in [-0.05, 0) is 121 Å². The van der Waals surface area contributed by atoms with E-state index >= 15 is 0 Å². The minimum Gasteiger partial charge on any atom is -0.385 e. The molecule has 3 aliphatic rings. The Morgan fingerprint density at radius 2 is 1.30 bits per heavy atom. The van der Waals surface area contributed by atoms with Crippen LogP contribution in [0.25, 0.3) is 27.1 Å². The molecule has 3 heterocycles. The van der Waals surface area contributed by atoms with E-state index in [1.165, 1.54) is 56.7 Å². The third-order valence-corrected chi connectivity index (χ3v) is 19.2. The number of carbonyl (C=O) groups excluding carboxylic acids is 3. The quantitative estimate of drug-likeness (QED) is 0.0210. The lowest BCUT2D eigenvalue weighted by Gasteiger charge is -2.31. The Kier molecular flexibility index (Phi) is 17.4. The molecular formula is C54H58N3O21S5+. The Morgan fingerprint density at radius 1 is 0.687 bits per heavy atom. The van der Waals surface area contributed by atoms with E-state index in [2.05, 4.69) is 0 Å². The number of nitrogens with zero attached hydrogens (tertiary/aromatic N) is 3. The van der Waals surface area contributed by atoms with E-state index in [1.54, 1.807) is 30.0 Å². The molecule has 0 saturated carbocycles. The first-order valence-corrected chi connectivity index (χ1v) is 32.8. The van der Waals surface area contributed by atoms with Gasteiger partial charge in [0.2, 0.25) is 5.69 Å². The smallest absolute Gasteiger partial charge is 0.363 e. The molecule has 8 rings (SSSR count). The molecule has 3 aliphatic heterocycles. The average molecular weight is 1250 g/mol. The molecule has 24 nitrogen and oxygen atoms in total. The SMILES string of the molecule is CCC[N+]1=C(/C=C/C(=C/C=C2/N(CCCS(=O)(=O)O)c3ccc4c(S(=O)(=O)O)cc(S(=O)(=O)O)cc4c3C2(C)CCOC)c2ccc(C(=O)ON3C(=O)CCC3=O)cc2S(=O)(=O)O)C(C)(CCOC)c2c1ccc1ccc(S(=O)(=O)O)cc21. The van der Waals surface area contributed by atoms with E-state index in [9.17, 15) is 79.2 Å². The van der Waals surface area contributed by atoms with Gasteiger partial charge in [0.05, 0.1) is 26.5 Å². The van der Waals surface area contributed by atoms with Gasteiger partial charge in [0.1, 0.15) is 16.3 Å². The zero-order chi connectivity index (χ0) is 61.0. The average Bonchev–Trinajstić information content (AvgIpc) is 1.72. The second-order valence-corrected chi connectivity index (χ2v) is 27.6. The standard InChI is InChI=1S/C54H57N3O21S5/c1-6-24-55-42-16-10-34-8-13-36(80(64,65)66)30-40(34)50(42)53(2,22-26-76-4)46(55)18-11-33(38-14-9-35(29-44(38)82(70,71)72)52(60)78-57-48(58)20-21-49(57)59)12-19-47-54(3,23-27-77-5)51-41-31-37(81(67,68)69)32-45(83(73,74)75)39(41)15-17-43(51)56(47)25-7-28-79(61,62)63/h8-19,29-32H,6-7,20-28H2,1-5H3,(H4-,61,62,63,64,65,66,67,68,69,70,71,72,73,74,75)/p+1. The molecule has 0 aliphatic carbocycles. The molecule has 0 radical (unpaired) electrons. The maximum absolute atomic E-state index is 13.7. The first kappa shape index (κ1) is 62.4. The Morgan fingerprint density at radius 3 is 1.89 bits per heavy atom. The van der Waals surface area contributed by atoms with E-state index in [0.29, 0.717) is 46.8 Å². The van der Waals surface area contributed by atoms with Crippen molar-refractivity contribution in [3.8, 4) is 0 Å². The summed E-state index contributed by atoms with van der Waals surface area (Å²) in [5.74, 6) is -3.79. The fourth-order valence-electron chi connectivity index (χ4n) is 11.1.